The zero-order valence-electron chi connectivity index (χ0n) is 19.2. The maximum Gasteiger partial charge on any atom is 0.305 e. The van der Waals surface area contributed by atoms with Crippen LogP contribution < -0.4 is 10.6 Å². The second-order valence-electron chi connectivity index (χ2n) is 7.45. The third-order valence-corrected chi connectivity index (χ3v) is 4.78. The summed E-state index contributed by atoms with van der Waals surface area (Å²) in [5.74, 6) is -1.56. The third-order valence-electron chi connectivity index (χ3n) is 4.78. The molecule has 0 aliphatic heterocycles. The summed E-state index contributed by atoms with van der Waals surface area (Å²) >= 11 is 0. The molecule has 0 aliphatic rings. The molecule has 2 amide bonds. The van der Waals surface area contributed by atoms with Gasteiger partial charge in [-0.15, -0.1) is 13.2 Å². The molecule has 8 nitrogen and oxygen atoms in total. The Hall–Kier alpha value is -2.97. The molecule has 0 saturated heterocycles. The third kappa shape index (κ3) is 12.6. The van der Waals surface area contributed by atoms with E-state index in [1.807, 2.05) is 30.3 Å². The van der Waals surface area contributed by atoms with Crippen molar-refractivity contribution in [3.05, 3.63) is 61.2 Å². The summed E-state index contributed by atoms with van der Waals surface area (Å²) in [6.07, 6.45) is 5.32. The van der Waals surface area contributed by atoms with E-state index in [-0.39, 0.29) is 63.6 Å². The number of hydrogen-bond acceptors (Lipinski definition) is 6. The lowest BCUT2D eigenvalue weighted by atomic mass is 9.98. The standard InChI is InChI=1S/C25H36N2O6/c1-3-5-7-13-24(30)33-19-22(20-11-8-6-9-12-20)27-25(31)21(10-4-2)18-23(29)26-14-16-32-17-15-28/h3-4,6,8-9,11-12,21-22,28H,1-2,5,7,10,13-19H2,(H,26,29)(H,27,31)/t21-,22-/m1/s1. The number of unbranched alkanes of at least 4 members (excludes halogenated alkanes) is 1. The molecule has 0 unspecified atom stereocenters. The average molecular weight is 461 g/mol. The number of aliphatic hydroxyl groups excluding tert-OH is 1. The number of carbonyl (C=O) groups is 3. The summed E-state index contributed by atoms with van der Waals surface area (Å²) in [7, 11) is 0. The van der Waals surface area contributed by atoms with E-state index in [9.17, 15) is 14.4 Å². The van der Waals surface area contributed by atoms with Gasteiger partial charge in [0, 0.05) is 19.4 Å². The Bertz CT molecular complexity index is 738. The SMILES string of the molecule is C=CCCCC(=O)OC[C@@H](NC(=O)[C@H](CC=C)CC(=O)NCCOCCO)c1ccccc1. The van der Waals surface area contributed by atoms with Gasteiger partial charge in [-0.1, -0.05) is 42.5 Å². The Kier molecular flexibility index (Phi) is 14.9. The molecule has 0 saturated carbocycles. The molecule has 2 atom stereocenters. The summed E-state index contributed by atoms with van der Waals surface area (Å²) in [6, 6.07) is 8.70. The second-order valence-corrected chi connectivity index (χ2v) is 7.45. The highest BCUT2D eigenvalue weighted by atomic mass is 16.5. The average Bonchev–Trinajstić information content (AvgIpc) is 2.82. The maximum atomic E-state index is 13.0. The highest BCUT2D eigenvalue weighted by molar-refractivity contribution is 5.86. The van der Waals surface area contributed by atoms with Crippen molar-refractivity contribution in [2.24, 2.45) is 5.92 Å². The van der Waals surface area contributed by atoms with Gasteiger partial charge in [0.25, 0.3) is 0 Å². The van der Waals surface area contributed by atoms with Crippen molar-refractivity contribution in [2.45, 2.75) is 38.1 Å². The molecular formula is C25H36N2O6. The lowest BCUT2D eigenvalue weighted by Gasteiger charge is -2.22. The first kappa shape index (κ1) is 28.1. The van der Waals surface area contributed by atoms with Crippen LogP contribution in [0.25, 0.3) is 0 Å². The molecule has 0 fully saturated rings. The van der Waals surface area contributed by atoms with Gasteiger partial charge in [0.1, 0.15) is 6.61 Å². The van der Waals surface area contributed by atoms with Gasteiger partial charge in [-0.2, -0.15) is 0 Å². The van der Waals surface area contributed by atoms with Gasteiger partial charge < -0.3 is 25.2 Å². The molecule has 1 aromatic carbocycles. The Balaban J connectivity index is 2.70. The van der Waals surface area contributed by atoms with Crippen LogP contribution in [0, 0.1) is 5.92 Å². The van der Waals surface area contributed by atoms with E-state index in [1.54, 1.807) is 12.2 Å². The van der Waals surface area contributed by atoms with Crippen molar-refractivity contribution >= 4 is 17.8 Å². The van der Waals surface area contributed by atoms with Crippen molar-refractivity contribution in [1.82, 2.24) is 10.6 Å². The molecule has 1 rings (SSSR count). The fourth-order valence-corrected chi connectivity index (χ4v) is 3.04. The Labute approximate surface area is 196 Å². The van der Waals surface area contributed by atoms with Gasteiger partial charge in [-0.05, 0) is 24.8 Å². The number of benzene rings is 1. The van der Waals surface area contributed by atoms with Gasteiger partial charge in [-0.3, -0.25) is 14.4 Å². The Morgan fingerprint density at radius 2 is 1.85 bits per heavy atom. The molecule has 0 bridgehead atoms. The molecule has 0 aromatic heterocycles. The first-order valence-electron chi connectivity index (χ1n) is 11.2. The first-order chi connectivity index (χ1) is 16.0. The van der Waals surface area contributed by atoms with E-state index < -0.39 is 12.0 Å². The summed E-state index contributed by atoms with van der Waals surface area (Å²) in [4.78, 5) is 37.3. The number of ether oxygens (including phenoxy) is 2. The first-order valence-corrected chi connectivity index (χ1v) is 11.2. The van der Waals surface area contributed by atoms with E-state index in [1.165, 1.54) is 0 Å². The molecule has 182 valence electrons. The molecule has 0 spiro atoms. The lowest BCUT2D eigenvalue weighted by molar-refractivity contribution is -0.145. The normalized spacial score (nSPS) is 12.3. The zero-order valence-corrected chi connectivity index (χ0v) is 19.2. The van der Waals surface area contributed by atoms with Gasteiger partial charge in [0.15, 0.2) is 0 Å². The predicted molar refractivity (Wildman–Crippen MR) is 126 cm³/mol. The van der Waals surface area contributed by atoms with Gasteiger partial charge in [0.2, 0.25) is 11.8 Å². The van der Waals surface area contributed by atoms with E-state index >= 15 is 0 Å². The van der Waals surface area contributed by atoms with Crippen molar-refractivity contribution in [3.8, 4) is 0 Å². The minimum absolute atomic E-state index is 0.00211. The van der Waals surface area contributed by atoms with E-state index in [2.05, 4.69) is 23.8 Å². The predicted octanol–water partition coefficient (Wildman–Crippen LogP) is 2.45. The van der Waals surface area contributed by atoms with Crippen molar-refractivity contribution < 1.29 is 29.0 Å². The largest absolute Gasteiger partial charge is 0.463 e. The Morgan fingerprint density at radius 1 is 1.09 bits per heavy atom. The van der Waals surface area contributed by atoms with Crippen molar-refractivity contribution in [1.29, 1.82) is 0 Å². The van der Waals surface area contributed by atoms with Crippen LogP contribution in [-0.4, -0.2) is 55.9 Å². The zero-order chi connectivity index (χ0) is 24.3. The molecule has 1 aromatic rings. The number of amides is 2. The molecule has 8 heteroatoms. The smallest absolute Gasteiger partial charge is 0.305 e. The highest BCUT2D eigenvalue weighted by Crippen LogP contribution is 2.17. The fraction of sp³-hybridized carbons (Fsp3) is 0.480. The van der Waals surface area contributed by atoms with Crippen LogP contribution in [0.4, 0.5) is 0 Å². The van der Waals surface area contributed by atoms with Gasteiger partial charge in [-0.25, -0.2) is 0 Å². The number of carbonyl (C=O) groups excluding carboxylic acids is 3. The van der Waals surface area contributed by atoms with Crippen LogP contribution in [-0.2, 0) is 23.9 Å². The fourth-order valence-electron chi connectivity index (χ4n) is 3.04. The van der Waals surface area contributed by atoms with Crippen LogP contribution >= 0.6 is 0 Å². The molecule has 0 radical (unpaired) electrons. The van der Waals surface area contributed by atoms with Gasteiger partial charge in [0.05, 0.1) is 31.8 Å². The monoisotopic (exact) mass is 460 g/mol. The van der Waals surface area contributed by atoms with E-state index in [4.69, 9.17) is 14.6 Å². The summed E-state index contributed by atoms with van der Waals surface area (Å²) in [6.45, 7) is 8.01. The lowest BCUT2D eigenvalue weighted by Crippen LogP contribution is -2.39. The van der Waals surface area contributed by atoms with Gasteiger partial charge >= 0.3 is 5.97 Å². The summed E-state index contributed by atoms with van der Waals surface area (Å²) in [5, 5.41) is 14.3. The number of esters is 1. The summed E-state index contributed by atoms with van der Waals surface area (Å²) < 4.78 is 10.5. The van der Waals surface area contributed by atoms with Crippen LogP contribution in [0.3, 0.4) is 0 Å². The number of nitrogens with one attached hydrogen (secondary N) is 2. The molecule has 3 N–H and O–H groups in total. The summed E-state index contributed by atoms with van der Waals surface area (Å²) in [5.41, 5.74) is 0.799. The van der Waals surface area contributed by atoms with Crippen LogP contribution in [0.5, 0.6) is 0 Å². The second kappa shape index (κ2) is 17.6. The topological polar surface area (TPSA) is 114 Å². The van der Waals surface area contributed by atoms with Crippen LogP contribution in [0.15, 0.2) is 55.6 Å². The molecule has 0 heterocycles. The van der Waals surface area contributed by atoms with E-state index in [0.29, 0.717) is 12.8 Å². The minimum Gasteiger partial charge on any atom is -0.463 e. The minimum atomic E-state index is -0.615. The van der Waals surface area contributed by atoms with Crippen LogP contribution in [0.2, 0.25) is 0 Å². The number of rotatable bonds is 18. The molecule has 33 heavy (non-hydrogen) atoms. The van der Waals surface area contributed by atoms with E-state index in [0.717, 1.165) is 12.0 Å². The van der Waals surface area contributed by atoms with Crippen LogP contribution in [0.1, 0.15) is 43.7 Å². The molecule has 0 aliphatic carbocycles. The maximum absolute atomic E-state index is 13.0. The molecular weight excluding hydrogens is 424 g/mol. The Morgan fingerprint density at radius 3 is 2.52 bits per heavy atom. The quantitative estimate of drug-likeness (QED) is 0.176. The number of hydrogen-bond donors (Lipinski definition) is 3. The van der Waals surface area contributed by atoms with Crippen molar-refractivity contribution in [3.63, 3.8) is 0 Å². The van der Waals surface area contributed by atoms with Crippen molar-refractivity contribution in [2.75, 3.05) is 33.0 Å². The number of allylic oxidation sites excluding steroid dienone is 2. The number of aliphatic hydroxyl groups is 1. The highest BCUT2D eigenvalue weighted by Gasteiger charge is 2.24.